The van der Waals surface area contributed by atoms with E-state index >= 15 is 0 Å². The SMILES string of the molecule is N#Cc1cc2c(nc1Nc1ccc(Br)cc1Br)CCC2. The first-order valence-electron chi connectivity index (χ1n) is 6.32. The minimum Gasteiger partial charge on any atom is -0.338 e. The molecule has 0 atom stereocenters. The van der Waals surface area contributed by atoms with Gasteiger partial charge >= 0.3 is 0 Å². The predicted molar refractivity (Wildman–Crippen MR) is 86.1 cm³/mol. The lowest BCUT2D eigenvalue weighted by atomic mass is 10.1. The minimum absolute atomic E-state index is 0.598. The van der Waals surface area contributed by atoms with Gasteiger partial charge in [0.1, 0.15) is 11.9 Å². The number of benzene rings is 1. The number of nitrogens with one attached hydrogen (secondary N) is 1. The number of hydrogen-bond acceptors (Lipinski definition) is 3. The summed E-state index contributed by atoms with van der Waals surface area (Å²) in [6, 6.07) is 10.0. The van der Waals surface area contributed by atoms with Gasteiger partial charge in [0.05, 0.1) is 11.3 Å². The van der Waals surface area contributed by atoms with Gasteiger partial charge in [0.25, 0.3) is 0 Å². The zero-order valence-electron chi connectivity index (χ0n) is 10.6. The molecular weight excluding hydrogens is 382 g/mol. The summed E-state index contributed by atoms with van der Waals surface area (Å²) in [5.74, 6) is 0.635. The maximum absolute atomic E-state index is 9.29. The van der Waals surface area contributed by atoms with Crippen LogP contribution >= 0.6 is 31.9 Å². The fraction of sp³-hybridized carbons (Fsp3) is 0.200. The molecule has 3 nitrogen and oxygen atoms in total. The van der Waals surface area contributed by atoms with Gasteiger partial charge in [-0.3, -0.25) is 0 Å². The van der Waals surface area contributed by atoms with E-state index in [0.29, 0.717) is 11.4 Å². The molecule has 100 valence electrons. The molecule has 5 heteroatoms. The molecule has 0 bridgehead atoms. The highest BCUT2D eigenvalue weighted by Crippen LogP contribution is 2.31. The molecule has 1 aromatic carbocycles. The van der Waals surface area contributed by atoms with Gasteiger partial charge in [-0.1, -0.05) is 15.9 Å². The second-order valence-electron chi connectivity index (χ2n) is 4.70. The number of aromatic nitrogens is 1. The van der Waals surface area contributed by atoms with Crippen LogP contribution in [0.5, 0.6) is 0 Å². The van der Waals surface area contributed by atoms with Crippen molar-refractivity contribution in [3.8, 4) is 6.07 Å². The van der Waals surface area contributed by atoms with Crippen molar-refractivity contribution >= 4 is 43.4 Å². The monoisotopic (exact) mass is 391 g/mol. The topological polar surface area (TPSA) is 48.7 Å². The molecule has 0 fully saturated rings. The number of nitrogens with zero attached hydrogens (tertiary/aromatic N) is 2. The molecule has 0 saturated heterocycles. The average molecular weight is 393 g/mol. The van der Waals surface area contributed by atoms with E-state index < -0.39 is 0 Å². The van der Waals surface area contributed by atoms with Crippen molar-refractivity contribution in [3.63, 3.8) is 0 Å². The molecule has 2 aromatic rings. The summed E-state index contributed by atoms with van der Waals surface area (Å²) >= 11 is 6.93. The van der Waals surface area contributed by atoms with Crippen molar-refractivity contribution in [3.05, 3.63) is 50.0 Å². The first kappa shape index (κ1) is 13.6. The number of nitriles is 1. The maximum Gasteiger partial charge on any atom is 0.148 e. The molecule has 1 N–H and O–H groups in total. The average Bonchev–Trinajstić information content (AvgIpc) is 2.88. The number of aryl methyl sites for hydroxylation is 2. The Morgan fingerprint density at radius 2 is 2.05 bits per heavy atom. The van der Waals surface area contributed by atoms with Gasteiger partial charge < -0.3 is 5.32 Å². The molecule has 3 rings (SSSR count). The second kappa shape index (κ2) is 5.55. The van der Waals surface area contributed by atoms with Crippen LogP contribution in [-0.2, 0) is 12.8 Å². The Morgan fingerprint density at radius 1 is 1.20 bits per heavy atom. The lowest BCUT2D eigenvalue weighted by Gasteiger charge is -2.11. The normalized spacial score (nSPS) is 12.8. The number of anilines is 2. The van der Waals surface area contributed by atoms with E-state index in [9.17, 15) is 5.26 Å². The lowest BCUT2D eigenvalue weighted by molar-refractivity contribution is 0.900. The molecular formula is C15H11Br2N3. The maximum atomic E-state index is 9.29. The Hall–Kier alpha value is -1.38. The van der Waals surface area contributed by atoms with Gasteiger partial charge in [0, 0.05) is 14.6 Å². The summed E-state index contributed by atoms with van der Waals surface area (Å²) in [6.45, 7) is 0. The Morgan fingerprint density at radius 3 is 2.80 bits per heavy atom. The zero-order chi connectivity index (χ0) is 14.1. The third-order valence-electron chi connectivity index (χ3n) is 3.36. The third kappa shape index (κ3) is 2.58. The summed E-state index contributed by atoms with van der Waals surface area (Å²) < 4.78 is 1.93. The Balaban J connectivity index is 2.00. The Bertz CT molecular complexity index is 720. The number of pyridine rings is 1. The summed E-state index contributed by atoms with van der Waals surface area (Å²) in [6.07, 6.45) is 3.15. The van der Waals surface area contributed by atoms with Crippen LogP contribution in [0.4, 0.5) is 11.5 Å². The van der Waals surface area contributed by atoms with Gasteiger partial charge in [-0.05, 0) is 65.0 Å². The van der Waals surface area contributed by atoms with E-state index in [2.05, 4.69) is 48.2 Å². The number of halogens is 2. The van der Waals surface area contributed by atoms with Crippen LogP contribution in [-0.4, -0.2) is 4.98 Å². The van der Waals surface area contributed by atoms with Crippen LogP contribution in [0.2, 0.25) is 0 Å². The summed E-state index contributed by atoms with van der Waals surface area (Å²) in [5, 5.41) is 12.5. The fourth-order valence-electron chi connectivity index (χ4n) is 2.37. The van der Waals surface area contributed by atoms with Crippen molar-refractivity contribution in [1.29, 1.82) is 5.26 Å². The van der Waals surface area contributed by atoms with Crippen LogP contribution < -0.4 is 5.32 Å². The highest BCUT2D eigenvalue weighted by atomic mass is 79.9. The van der Waals surface area contributed by atoms with E-state index in [-0.39, 0.29) is 0 Å². The van der Waals surface area contributed by atoms with Crippen LogP contribution in [0.15, 0.2) is 33.2 Å². The van der Waals surface area contributed by atoms with Crippen LogP contribution in [0.1, 0.15) is 23.2 Å². The number of hydrogen-bond donors (Lipinski definition) is 1. The molecule has 1 heterocycles. The smallest absolute Gasteiger partial charge is 0.148 e. The molecule has 1 aliphatic rings. The van der Waals surface area contributed by atoms with Gasteiger partial charge in [0.15, 0.2) is 0 Å². The predicted octanol–water partition coefficient (Wildman–Crippen LogP) is 4.71. The van der Waals surface area contributed by atoms with E-state index in [4.69, 9.17) is 0 Å². The Labute approximate surface area is 134 Å². The van der Waals surface area contributed by atoms with Crippen molar-refractivity contribution in [2.24, 2.45) is 0 Å². The minimum atomic E-state index is 0.598. The quantitative estimate of drug-likeness (QED) is 0.804. The molecule has 1 aromatic heterocycles. The van der Waals surface area contributed by atoms with E-state index in [0.717, 1.165) is 39.6 Å². The highest BCUT2D eigenvalue weighted by molar-refractivity contribution is 9.11. The molecule has 0 aliphatic heterocycles. The summed E-state index contributed by atoms with van der Waals surface area (Å²) in [7, 11) is 0. The van der Waals surface area contributed by atoms with Crippen LogP contribution in [0, 0.1) is 11.3 Å². The molecule has 0 spiro atoms. The van der Waals surface area contributed by atoms with Crippen molar-refractivity contribution in [2.45, 2.75) is 19.3 Å². The van der Waals surface area contributed by atoms with Crippen molar-refractivity contribution < 1.29 is 0 Å². The Kier molecular flexibility index (Phi) is 3.77. The standard InChI is InChI=1S/C15H11Br2N3/c16-11-4-5-14(12(17)7-11)20-15-10(8-18)6-9-2-1-3-13(9)19-15/h4-7H,1-3H2,(H,19,20). The number of fused-ring (bicyclic) bond motifs is 1. The highest BCUT2D eigenvalue weighted by Gasteiger charge is 2.16. The lowest BCUT2D eigenvalue weighted by Crippen LogP contribution is -2.01. The largest absolute Gasteiger partial charge is 0.338 e. The van der Waals surface area contributed by atoms with Crippen molar-refractivity contribution in [1.82, 2.24) is 4.98 Å². The molecule has 0 radical (unpaired) electrons. The summed E-state index contributed by atoms with van der Waals surface area (Å²) in [4.78, 5) is 4.62. The second-order valence-corrected chi connectivity index (χ2v) is 6.47. The van der Waals surface area contributed by atoms with Gasteiger partial charge in [-0.25, -0.2) is 4.98 Å². The van der Waals surface area contributed by atoms with Crippen LogP contribution in [0.25, 0.3) is 0 Å². The molecule has 20 heavy (non-hydrogen) atoms. The van der Waals surface area contributed by atoms with E-state index in [1.165, 1.54) is 5.56 Å². The van der Waals surface area contributed by atoms with E-state index in [1.54, 1.807) is 0 Å². The van der Waals surface area contributed by atoms with Gasteiger partial charge in [-0.15, -0.1) is 0 Å². The molecule has 0 saturated carbocycles. The summed E-state index contributed by atoms with van der Waals surface area (Å²) in [5.41, 5.74) is 3.82. The van der Waals surface area contributed by atoms with Gasteiger partial charge in [-0.2, -0.15) is 5.26 Å². The van der Waals surface area contributed by atoms with Crippen molar-refractivity contribution in [2.75, 3.05) is 5.32 Å². The van der Waals surface area contributed by atoms with Gasteiger partial charge in [0.2, 0.25) is 0 Å². The first-order chi connectivity index (χ1) is 9.67. The number of rotatable bonds is 2. The fourth-order valence-corrected chi connectivity index (χ4v) is 3.52. The third-order valence-corrected chi connectivity index (χ3v) is 4.50. The molecule has 0 unspecified atom stereocenters. The zero-order valence-corrected chi connectivity index (χ0v) is 13.8. The first-order valence-corrected chi connectivity index (χ1v) is 7.91. The molecule has 0 amide bonds. The van der Waals surface area contributed by atoms with E-state index in [1.807, 2.05) is 24.3 Å². The molecule has 1 aliphatic carbocycles. The van der Waals surface area contributed by atoms with Crippen LogP contribution in [0.3, 0.4) is 0 Å².